The van der Waals surface area contributed by atoms with Crippen LogP contribution in [0.15, 0.2) is 53.4 Å². The maximum Gasteiger partial charge on any atom is 0.490 e. The monoisotopic (exact) mass is 612 g/mol. The van der Waals surface area contributed by atoms with Crippen molar-refractivity contribution in [3.8, 4) is 0 Å². The van der Waals surface area contributed by atoms with E-state index in [4.69, 9.17) is 11.6 Å². The molecule has 3 heterocycles. The molecular weight excluding hydrogens is 585 g/mol. The van der Waals surface area contributed by atoms with E-state index >= 15 is 0 Å². The van der Waals surface area contributed by atoms with E-state index in [-0.39, 0.29) is 42.1 Å². The number of fused-ring (bicyclic) bond motifs is 3. The normalized spacial score (nSPS) is 23.3. The number of amides is 1. The molecule has 2 aromatic carbocycles. The number of benzene rings is 2. The number of piperidine rings is 1. The quantitative estimate of drug-likeness (QED) is 0.288. The summed E-state index contributed by atoms with van der Waals surface area (Å²) in [5.74, 6) is -2.80. The van der Waals surface area contributed by atoms with Gasteiger partial charge in [-0.25, -0.2) is 17.9 Å². The van der Waals surface area contributed by atoms with E-state index in [0.29, 0.717) is 12.0 Å². The highest BCUT2D eigenvalue weighted by Gasteiger charge is 2.43. The van der Waals surface area contributed by atoms with Gasteiger partial charge in [0.25, 0.3) is 0 Å². The fourth-order valence-electron chi connectivity index (χ4n) is 5.64. The van der Waals surface area contributed by atoms with E-state index in [1.54, 1.807) is 17.0 Å². The van der Waals surface area contributed by atoms with E-state index in [2.05, 4.69) is 19.8 Å². The third-order valence-electron chi connectivity index (χ3n) is 7.45. The van der Waals surface area contributed by atoms with E-state index in [1.165, 1.54) is 12.1 Å². The number of hydrogen-bond acceptors (Lipinski definition) is 6. The molecule has 0 aliphatic carbocycles. The Labute approximate surface area is 239 Å². The summed E-state index contributed by atoms with van der Waals surface area (Å²) in [6.45, 7) is 2.10. The van der Waals surface area contributed by atoms with Gasteiger partial charge in [0.05, 0.1) is 10.9 Å². The molecule has 9 nitrogen and oxygen atoms in total. The molecular formula is C27H28ClF3N4O5S. The average Bonchev–Trinajstić information content (AvgIpc) is 3.29. The van der Waals surface area contributed by atoms with Crippen molar-refractivity contribution in [3.05, 3.63) is 65.4 Å². The van der Waals surface area contributed by atoms with Crippen LogP contribution in [0.25, 0.3) is 10.9 Å². The predicted molar refractivity (Wildman–Crippen MR) is 145 cm³/mol. The summed E-state index contributed by atoms with van der Waals surface area (Å²) in [6.07, 6.45) is -5.68. The summed E-state index contributed by atoms with van der Waals surface area (Å²) >= 11 is 5.97. The highest BCUT2D eigenvalue weighted by molar-refractivity contribution is 7.89. The first kappa shape index (κ1) is 29.4. The first-order chi connectivity index (χ1) is 19.4. The maximum atomic E-state index is 13.2. The molecule has 2 aliphatic rings. The molecule has 5 rings (SSSR count). The van der Waals surface area contributed by atoms with Crippen molar-refractivity contribution < 1.29 is 35.9 Å². The van der Waals surface area contributed by atoms with Crippen LogP contribution in [0.4, 0.5) is 13.2 Å². The Morgan fingerprint density at radius 2 is 1.85 bits per heavy atom. The van der Waals surface area contributed by atoms with Gasteiger partial charge in [-0.3, -0.25) is 10.1 Å². The van der Waals surface area contributed by atoms with Crippen molar-refractivity contribution in [1.29, 1.82) is 0 Å². The first-order valence-corrected chi connectivity index (χ1v) is 15.0. The Balaban J connectivity index is 1.39. The van der Waals surface area contributed by atoms with Gasteiger partial charge in [0.15, 0.2) is 6.23 Å². The van der Waals surface area contributed by atoms with Crippen molar-refractivity contribution in [3.63, 3.8) is 0 Å². The van der Waals surface area contributed by atoms with Crippen LogP contribution in [0, 0.1) is 0 Å². The summed E-state index contributed by atoms with van der Waals surface area (Å²) < 4.78 is 70.9. The lowest BCUT2D eigenvalue weighted by Gasteiger charge is -2.40. The molecule has 41 heavy (non-hydrogen) atoms. The van der Waals surface area contributed by atoms with Gasteiger partial charge in [0.1, 0.15) is 5.88 Å². The Kier molecular flexibility index (Phi) is 8.07. The predicted octanol–water partition coefficient (Wildman–Crippen LogP) is 3.73. The van der Waals surface area contributed by atoms with Crippen molar-refractivity contribution in [2.24, 2.45) is 0 Å². The number of esters is 1. The minimum Gasteiger partial charge on any atom is -0.440 e. The van der Waals surface area contributed by atoms with Gasteiger partial charge in [-0.1, -0.05) is 30.3 Å². The molecule has 1 aromatic heterocycles. The SMILES string of the molecule is C[C@H]1Cc2c([nH]c3ccccc23)[C@H](c2ccc(S(=O)(=O)NC3CCNC(OC(=O)C(F)(F)F)C3)cc2)N1C(=O)CCl. The number of aromatic amines is 1. The van der Waals surface area contributed by atoms with Gasteiger partial charge in [-0.2, -0.15) is 13.2 Å². The smallest absolute Gasteiger partial charge is 0.440 e. The molecule has 1 saturated heterocycles. The van der Waals surface area contributed by atoms with Gasteiger partial charge in [0.2, 0.25) is 15.9 Å². The lowest BCUT2D eigenvalue weighted by atomic mass is 9.88. The summed E-state index contributed by atoms with van der Waals surface area (Å²) in [5, 5.41) is 3.70. The van der Waals surface area contributed by atoms with Crippen molar-refractivity contribution >= 4 is 44.4 Å². The number of halogens is 4. The number of sulfonamides is 1. The molecule has 1 fully saturated rings. The second-order valence-electron chi connectivity index (χ2n) is 10.2. The standard InChI is InChI=1S/C27H28ClF3N4O5S/c1-15-12-20-19-4-2-3-5-21(19)33-24(20)25(35(15)23(36)14-28)16-6-8-18(9-7-16)41(38,39)34-17-10-11-32-22(13-17)40-26(37)27(29,30)31/h2-9,15,17,22,25,32-34H,10-14H2,1H3/t15-,17?,22?,25-/m0/s1. The third-order valence-corrected chi connectivity index (χ3v) is 9.21. The zero-order valence-corrected chi connectivity index (χ0v) is 23.4. The number of ether oxygens (including phenoxy) is 1. The van der Waals surface area contributed by atoms with E-state index in [9.17, 15) is 31.2 Å². The average molecular weight is 613 g/mol. The van der Waals surface area contributed by atoms with Gasteiger partial charge in [0, 0.05) is 41.6 Å². The highest BCUT2D eigenvalue weighted by atomic mass is 35.5. The van der Waals surface area contributed by atoms with Crippen LogP contribution >= 0.6 is 11.6 Å². The molecule has 2 unspecified atom stereocenters. The van der Waals surface area contributed by atoms with E-state index < -0.39 is 40.5 Å². The van der Waals surface area contributed by atoms with Gasteiger partial charge in [-0.05, 0) is 49.1 Å². The number of H-pyrrole nitrogens is 1. The number of aromatic nitrogens is 1. The Morgan fingerprint density at radius 3 is 2.54 bits per heavy atom. The number of alkyl halides is 4. The zero-order valence-electron chi connectivity index (χ0n) is 21.9. The van der Waals surface area contributed by atoms with Gasteiger partial charge in [-0.15, -0.1) is 11.6 Å². The van der Waals surface area contributed by atoms with E-state index in [0.717, 1.165) is 22.2 Å². The second kappa shape index (κ2) is 11.3. The van der Waals surface area contributed by atoms with Gasteiger partial charge < -0.3 is 14.6 Å². The number of carbonyl (C=O) groups excluding carboxylic acids is 2. The lowest BCUT2D eigenvalue weighted by molar-refractivity contribution is -0.207. The molecule has 220 valence electrons. The maximum absolute atomic E-state index is 13.2. The van der Waals surface area contributed by atoms with Crippen LogP contribution in [0.1, 0.15) is 42.6 Å². The molecule has 0 radical (unpaired) electrons. The van der Waals surface area contributed by atoms with Gasteiger partial charge >= 0.3 is 12.1 Å². The number of rotatable bonds is 6. The van der Waals surface area contributed by atoms with Crippen molar-refractivity contribution in [2.75, 3.05) is 12.4 Å². The minimum atomic E-state index is -5.15. The first-order valence-electron chi connectivity index (χ1n) is 13.0. The number of carbonyl (C=O) groups is 2. The highest BCUT2D eigenvalue weighted by Crippen LogP contribution is 2.41. The Morgan fingerprint density at radius 1 is 1.15 bits per heavy atom. The largest absolute Gasteiger partial charge is 0.490 e. The minimum absolute atomic E-state index is 0.0560. The Bertz CT molecular complexity index is 1560. The van der Waals surface area contributed by atoms with Crippen LogP contribution in [0.2, 0.25) is 0 Å². The topological polar surface area (TPSA) is 121 Å². The summed E-state index contributed by atoms with van der Waals surface area (Å²) in [4.78, 5) is 29.2. The van der Waals surface area contributed by atoms with Crippen LogP contribution in [-0.4, -0.2) is 67.1 Å². The third kappa shape index (κ3) is 5.94. The number of nitrogens with one attached hydrogen (secondary N) is 3. The molecule has 3 aromatic rings. The summed E-state index contributed by atoms with van der Waals surface area (Å²) in [7, 11) is -4.06. The number of nitrogens with zero attached hydrogens (tertiary/aromatic N) is 1. The molecule has 3 N–H and O–H groups in total. The number of hydrogen-bond donors (Lipinski definition) is 3. The molecule has 0 spiro atoms. The Hall–Kier alpha value is -3.13. The molecule has 2 aliphatic heterocycles. The molecule has 0 saturated carbocycles. The fraction of sp³-hybridized carbons (Fsp3) is 0.407. The summed E-state index contributed by atoms with van der Waals surface area (Å²) in [5.41, 5.74) is 3.54. The van der Waals surface area contributed by atoms with E-state index in [1.807, 2.05) is 31.2 Å². The van der Waals surface area contributed by atoms with Crippen LogP contribution in [0.3, 0.4) is 0 Å². The van der Waals surface area contributed by atoms with Crippen molar-refractivity contribution in [1.82, 2.24) is 19.9 Å². The molecule has 14 heteroatoms. The van der Waals surface area contributed by atoms with Crippen molar-refractivity contribution in [2.45, 2.75) is 61.6 Å². The van der Waals surface area contributed by atoms with Crippen LogP contribution in [0.5, 0.6) is 0 Å². The number of para-hydroxylation sites is 1. The lowest BCUT2D eigenvalue weighted by Crippen LogP contribution is -2.50. The zero-order chi connectivity index (χ0) is 29.5. The summed E-state index contributed by atoms with van der Waals surface area (Å²) in [6, 6.07) is 12.5. The second-order valence-corrected chi connectivity index (χ2v) is 12.2. The molecule has 0 bridgehead atoms. The van der Waals surface area contributed by atoms with Crippen LogP contribution < -0.4 is 10.0 Å². The van der Waals surface area contributed by atoms with Crippen LogP contribution in [-0.2, 0) is 30.8 Å². The molecule has 4 atom stereocenters. The fourth-order valence-corrected chi connectivity index (χ4v) is 7.06. The molecule has 1 amide bonds.